The highest BCUT2D eigenvalue weighted by Crippen LogP contribution is 2.14. The molecule has 0 saturated heterocycles. The van der Waals surface area contributed by atoms with Gasteiger partial charge in [0.2, 0.25) is 5.91 Å². The first-order valence-electron chi connectivity index (χ1n) is 5.53. The van der Waals surface area contributed by atoms with Crippen LogP contribution < -0.4 is 10.4 Å². The topological polar surface area (TPSA) is 95.9 Å². The molecule has 1 aromatic carbocycles. The van der Waals surface area contributed by atoms with Gasteiger partial charge in [-0.15, -0.1) is 0 Å². The van der Waals surface area contributed by atoms with Crippen molar-refractivity contribution in [3.63, 3.8) is 0 Å². The van der Waals surface area contributed by atoms with Gasteiger partial charge in [0.05, 0.1) is 17.9 Å². The fraction of sp³-hybridized carbons (Fsp3) is 0.250. The van der Waals surface area contributed by atoms with E-state index in [9.17, 15) is 14.4 Å². The average molecular weight is 266 g/mol. The second-order valence-electron chi connectivity index (χ2n) is 3.55. The van der Waals surface area contributed by atoms with E-state index in [4.69, 9.17) is 9.84 Å². The summed E-state index contributed by atoms with van der Waals surface area (Å²) in [6, 6.07) is 5.64. The average Bonchev–Trinajstić information content (AvgIpc) is 2.36. The Morgan fingerprint density at radius 2 is 1.84 bits per heavy atom. The van der Waals surface area contributed by atoms with Gasteiger partial charge in [-0.1, -0.05) is 0 Å². The molecule has 1 aromatic rings. The van der Waals surface area contributed by atoms with Crippen molar-refractivity contribution in [2.45, 2.75) is 13.8 Å². The molecule has 0 heterocycles. The Kier molecular flexibility index (Phi) is 4.87. The Bertz CT molecular complexity index is 483. The number of rotatable bonds is 3. The van der Waals surface area contributed by atoms with Gasteiger partial charge >= 0.3 is 12.1 Å². The van der Waals surface area contributed by atoms with Gasteiger partial charge in [0.25, 0.3) is 0 Å². The molecule has 0 radical (unpaired) electrons. The predicted octanol–water partition coefficient (Wildman–Crippen LogP) is 1.40. The van der Waals surface area contributed by atoms with E-state index in [0.717, 1.165) is 0 Å². The van der Waals surface area contributed by atoms with E-state index in [1.54, 1.807) is 6.92 Å². The van der Waals surface area contributed by atoms with Crippen molar-refractivity contribution in [3.05, 3.63) is 29.8 Å². The number of hydrogen-bond donors (Lipinski definition) is 2. The molecule has 0 aliphatic rings. The van der Waals surface area contributed by atoms with Crippen LogP contribution >= 0.6 is 0 Å². The Balaban J connectivity index is 2.92. The summed E-state index contributed by atoms with van der Waals surface area (Å²) >= 11 is 0. The van der Waals surface area contributed by atoms with Crippen LogP contribution in [0.3, 0.4) is 0 Å². The summed E-state index contributed by atoms with van der Waals surface area (Å²) in [4.78, 5) is 33.3. The molecule has 0 spiro atoms. The summed E-state index contributed by atoms with van der Waals surface area (Å²) in [7, 11) is 0. The molecule has 102 valence electrons. The van der Waals surface area contributed by atoms with E-state index in [0.29, 0.717) is 10.6 Å². The molecule has 1 rings (SSSR count). The highest BCUT2D eigenvalue weighted by atomic mass is 16.5. The zero-order valence-electron chi connectivity index (χ0n) is 10.5. The molecule has 0 aliphatic heterocycles. The number of carboxylic acid groups (broad SMARTS) is 1. The zero-order chi connectivity index (χ0) is 14.4. The van der Waals surface area contributed by atoms with Gasteiger partial charge in [0.1, 0.15) is 0 Å². The van der Waals surface area contributed by atoms with Gasteiger partial charge in [0, 0.05) is 6.92 Å². The summed E-state index contributed by atoms with van der Waals surface area (Å²) in [5.41, 5.74) is 2.67. The Hall–Kier alpha value is -2.57. The van der Waals surface area contributed by atoms with Crippen LogP contribution in [0.1, 0.15) is 24.2 Å². The third kappa shape index (κ3) is 3.98. The van der Waals surface area contributed by atoms with E-state index in [-0.39, 0.29) is 12.3 Å². The van der Waals surface area contributed by atoms with Crippen molar-refractivity contribution in [1.82, 2.24) is 5.43 Å². The van der Waals surface area contributed by atoms with E-state index in [2.05, 4.69) is 5.43 Å². The number of amides is 2. The minimum absolute atomic E-state index is 0.218. The largest absolute Gasteiger partial charge is 0.463 e. The Labute approximate surface area is 109 Å². The SMILES string of the molecule is CCOC(=O)c1ccc(N(NC(C)=O)C(=O)O)cc1. The van der Waals surface area contributed by atoms with Crippen molar-refractivity contribution in [1.29, 1.82) is 0 Å². The van der Waals surface area contributed by atoms with Crippen LogP contribution in [0.2, 0.25) is 0 Å². The maximum absolute atomic E-state index is 11.4. The lowest BCUT2D eigenvalue weighted by atomic mass is 10.2. The van der Waals surface area contributed by atoms with Crippen molar-refractivity contribution >= 4 is 23.7 Å². The molecule has 0 saturated carbocycles. The summed E-state index contributed by atoms with van der Waals surface area (Å²) in [6.07, 6.45) is -1.33. The van der Waals surface area contributed by atoms with Crippen molar-refractivity contribution < 1.29 is 24.2 Å². The number of nitrogens with zero attached hydrogens (tertiary/aromatic N) is 1. The molecular weight excluding hydrogens is 252 g/mol. The number of carbonyl (C=O) groups excluding carboxylic acids is 2. The van der Waals surface area contributed by atoms with Crippen LogP contribution in [0.5, 0.6) is 0 Å². The van der Waals surface area contributed by atoms with Crippen LogP contribution in [0.25, 0.3) is 0 Å². The maximum atomic E-state index is 11.4. The molecule has 2 amide bonds. The van der Waals surface area contributed by atoms with Gasteiger partial charge in [-0.25, -0.2) is 9.59 Å². The summed E-state index contributed by atoms with van der Waals surface area (Å²) in [6.45, 7) is 3.14. The Morgan fingerprint density at radius 1 is 1.26 bits per heavy atom. The number of esters is 1. The highest BCUT2D eigenvalue weighted by Gasteiger charge is 2.16. The molecule has 0 fully saturated rings. The first kappa shape index (κ1) is 14.5. The molecule has 0 aromatic heterocycles. The van der Waals surface area contributed by atoms with E-state index in [1.807, 2.05) is 0 Å². The molecule has 19 heavy (non-hydrogen) atoms. The van der Waals surface area contributed by atoms with E-state index < -0.39 is 18.0 Å². The molecule has 0 unspecified atom stereocenters. The van der Waals surface area contributed by atoms with Crippen LogP contribution in [0.4, 0.5) is 10.5 Å². The standard InChI is InChI=1S/C12H14N2O5/c1-3-19-11(16)9-4-6-10(7-5-9)14(12(17)18)13-8(2)15/h4-7H,3H2,1-2H3,(H,13,15)(H,17,18). The minimum atomic E-state index is -1.33. The lowest BCUT2D eigenvalue weighted by molar-refractivity contribution is -0.119. The number of ether oxygens (including phenoxy) is 1. The fourth-order valence-electron chi connectivity index (χ4n) is 1.34. The van der Waals surface area contributed by atoms with Crippen LogP contribution in [-0.2, 0) is 9.53 Å². The molecular formula is C12H14N2O5. The van der Waals surface area contributed by atoms with Gasteiger partial charge < -0.3 is 9.84 Å². The quantitative estimate of drug-likeness (QED) is 0.636. The van der Waals surface area contributed by atoms with E-state index >= 15 is 0 Å². The first-order chi connectivity index (χ1) is 8.95. The van der Waals surface area contributed by atoms with Gasteiger partial charge in [-0.3, -0.25) is 10.2 Å². The molecule has 7 heteroatoms. The lowest BCUT2D eigenvalue weighted by Crippen LogP contribution is -2.44. The van der Waals surface area contributed by atoms with Crippen LogP contribution in [-0.4, -0.2) is 29.7 Å². The number of hydrogen-bond acceptors (Lipinski definition) is 4. The summed E-state index contributed by atoms with van der Waals surface area (Å²) < 4.78 is 4.80. The number of anilines is 1. The lowest BCUT2D eigenvalue weighted by Gasteiger charge is -2.19. The molecule has 0 atom stereocenters. The van der Waals surface area contributed by atoms with Crippen molar-refractivity contribution in [2.75, 3.05) is 11.6 Å². The highest BCUT2D eigenvalue weighted by molar-refractivity contribution is 5.92. The zero-order valence-corrected chi connectivity index (χ0v) is 10.5. The van der Waals surface area contributed by atoms with E-state index in [1.165, 1.54) is 31.2 Å². The second-order valence-corrected chi connectivity index (χ2v) is 3.55. The number of carbonyl (C=O) groups is 3. The molecule has 2 N–H and O–H groups in total. The molecule has 7 nitrogen and oxygen atoms in total. The van der Waals surface area contributed by atoms with Crippen LogP contribution in [0.15, 0.2) is 24.3 Å². The third-order valence-electron chi connectivity index (χ3n) is 2.10. The van der Waals surface area contributed by atoms with Gasteiger partial charge in [-0.05, 0) is 31.2 Å². The van der Waals surface area contributed by atoms with Gasteiger partial charge in [0.15, 0.2) is 0 Å². The van der Waals surface area contributed by atoms with Crippen molar-refractivity contribution in [2.24, 2.45) is 0 Å². The third-order valence-corrected chi connectivity index (χ3v) is 2.10. The smallest absolute Gasteiger partial charge is 0.431 e. The normalized spacial score (nSPS) is 9.58. The molecule has 0 bridgehead atoms. The number of nitrogens with one attached hydrogen (secondary N) is 1. The fourth-order valence-corrected chi connectivity index (χ4v) is 1.34. The predicted molar refractivity (Wildman–Crippen MR) is 66.7 cm³/mol. The summed E-state index contributed by atoms with van der Waals surface area (Å²) in [5, 5.41) is 9.62. The van der Waals surface area contributed by atoms with Crippen molar-refractivity contribution in [3.8, 4) is 0 Å². The summed E-state index contributed by atoms with van der Waals surface area (Å²) in [5.74, 6) is -1.01. The number of hydrazine groups is 1. The maximum Gasteiger partial charge on any atom is 0.431 e. The number of benzene rings is 1. The first-order valence-corrected chi connectivity index (χ1v) is 5.53. The Morgan fingerprint density at radius 3 is 2.26 bits per heavy atom. The second kappa shape index (κ2) is 6.39. The van der Waals surface area contributed by atoms with Gasteiger partial charge in [-0.2, -0.15) is 5.01 Å². The minimum Gasteiger partial charge on any atom is -0.463 e. The monoisotopic (exact) mass is 266 g/mol. The van der Waals surface area contributed by atoms with Crippen LogP contribution in [0, 0.1) is 0 Å². The molecule has 0 aliphatic carbocycles.